The lowest BCUT2D eigenvalue weighted by molar-refractivity contribution is 0.690. The number of nitrogens with one attached hydrogen (secondary N) is 1. The zero-order valence-corrected chi connectivity index (χ0v) is 13.3. The molecule has 100 valence electrons. The van der Waals surface area contributed by atoms with E-state index in [2.05, 4.69) is 77.6 Å². The molecule has 0 saturated heterocycles. The van der Waals surface area contributed by atoms with Crippen LogP contribution in [0.4, 0.5) is 0 Å². The van der Waals surface area contributed by atoms with Crippen molar-refractivity contribution in [2.75, 3.05) is 7.05 Å². The van der Waals surface area contributed by atoms with Gasteiger partial charge in [-0.3, -0.25) is 0 Å². The largest absolute Gasteiger partial charge is 0.309 e. The van der Waals surface area contributed by atoms with Crippen LogP contribution in [0, 0.1) is 6.92 Å². The molecule has 1 N–H and O–H groups in total. The van der Waals surface area contributed by atoms with Crippen molar-refractivity contribution in [1.29, 1.82) is 0 Å². The molecule has 1 unspecified atom stereocenters. The molecule has 0 aliphatic carbocycles. The molecule has 0 bridgehead atoms. The van der Waals surface area contributed by atoms with Gasteiger partial charge in [0, 0.05) is 4.47 Å². The normalized spacial score (nSPS) is 12.4. The number of aryl methyl sites for hydroxylation is 2. The average molecular weight is 318 g/mol. The second-order valence-electron chi connectivity index (χ2n) is 4.83. The third kappa shape index (κ3) is 3.26. The van der Waals surface area contributed by atoms with Crippen LogP contribution in [0.1, 0.15) is 35.2 Å². The van der Waals surface area contributed by atoms with E-state index in [0.717, 1.165) is 10.9 Å². The fraction of sp³-hybridized carbons (Fsp3) is 0.294. The summed E-state index contributed by atoms with van der Waals surface area (Å²) < 4.78 is 1.16. The summed E-state index contributed by atoms with van der Waals surface area (Å²) in [6, 6.07) is 15.6. The molecule has 0 aliphatic rings. The van der Waals surface area contributed by atoms with Crippen molar-refractivity contribution >= 4 is 15.9 Å². The zero-order chi connectivity index (χ0) is 13.8. The first-order valence-corrected chi connectivity index (χ1v) is 7.47. The predicted octanol–water partition coefficient (Wildman–Crippen LogP) is 4.63. The Bertz CT molecular complexity index is 563. The minimum absolute atomic E-state index is 0.239. The van der Waals surface area contributed by atoms with E-state index >= 15 is 0 Å². The first-order valence-electron chi connectivity index (χ1n) is 6.68. The number of halogens is 1. The van der Waals surface area contributed by atoms with Gasteiger partial charge in [-0.2, -0.15) is 0 Å². The molecule has 2 rings (SSSR count). The molecule has 2 heteroatoms. The highest BCUT2D eigenvalue weighted by Gasteiger charge is 2.13. The van der Waals surface area contributed by atoms with E-state index in [9.17, 15) is 0 Å². The van der Waals surface area contributed by atoms with E-state index in [0.29, 0.717) is 0 Å². The van der Waals surface area contributed by atoms with E-state index in [1.165, 1.54) is 22.3 Å². The Balaban J connectivity index is 2.40. The van der Waals surface area contributed by atoms with Gasteiger partial charge in [0.1, 0.15) is 0 Å². The summed E-state index contributed by atoms with van der Waals surface area (Å²) in [4.78, 5) is 0. The Morgan fingerprint density at radius 1 is 1.11 bits per heavy atom. The third-order valence-corrected chi connectivity index (χ3v) is 4.36. The fourth-order valence-corrected chi connectivity index (χ4v) is 2.70. The van der Waals surface area contributed by atoms with Crippen LogP contribution < -0.4 is 5.32 Å². The van der Waals surface area contributed by atoms with Crippen molar-refractivity contribution < 1.29 is 0 Å². The molecule has 0 spiro atoms. The smallest absolute Gasteiger partial charge is 0.0574 e. The number of hydrogen-bond donors (Lipinski definition) is 1. The summed E-state index contributed by atoms with van der Waals surface area (Å²) in [7, 11) is 2.01. The second kappa shape index (κ2) is 6.36. The highest BCUT2D eigenvalue weighted by Crippen LogP contribution is 2.26. The van der Waals surface area contributed by atoms with Gasteiger partial charge in [-0.25, -0.2) is 0 Å². The van der Waals surface area contributed by atoms with Crippen LogP contribution in [0.15, 0.2) is 46.9 Å². The molecule has 0 aliphatic heterocycles. The second-order valence-corrected chi connectivity index (χ2v) is 5.68. The monoisotopic (exact) mass is 317 g/mol. The maximum absolute atomic E-state index is 3.62. The number of hydrogen-bond acceptors (Lipinski definition) is 1. The van der Waals surface area contributed by atoms with Gasteiger partial charge in [-0.15, -0.1) is 0 Å². The Labute approximate surface area is 124 Å². The van der Waals surface area contributed by atoms with E-state index in [1.807, 2.05) is 7.05 Å². The third-order valence-electron chi connectivity index (χ3n) is 3.51. The van der Waals surface area contributed by atoms with E-state index in [-0.39, 0.29) is 6.04 Å². The van der Waals surface area contributed by atoms with Gasteiger partial charge in [0.05, 0.1) is 6.04 Å². The summed E-state index contributed by atoms with van der Waals surface area (Å²) in [5.41, 5.74) is 5.25. The van der Waals surface area contributed by atoms with Crippen LogP contribution >= 0.6 is 15.9 Å². The van der Waals surface area contributed by atoms with Crippen LogP contribution in [0.3, 0.4) is 0 Å². The molecule has 1 nitrogen and oxygen atoms in total. The molecule has 1 atom stereocenters. The lowest BCUT2D eigenvalue weighted by atomic mass is 9.96. The summed E-state index contributed by atoms with van der Waals surface area (Å²) >= 11 is 3.62. The van der Waals surface area contributed by atoms with E-state index in [1.54, 1.807) is 0 Å². The molecular weight excluding hydrogens is 298 g/mol. The van der Waals surface area contributed by atoms with Crippen LogP contribution in [0.25, 0.3) is 0 Å². The van der Waals surface area contributed by atoms with Crippen molar-refractivity contribution in [2.24, 2.45) is 0 Å². The van der Waals surface area contributed by atoms with E-state index < -0.39 is 0 Å². The topological polar surface area (TPSA) is 12.0 Å². The highest BCUT2D eigenvalue weighted by atomic mass is 79.9. The van der Waals surface area contributed by atoms with Gasteiger partial charge in [0.2, 0.25) is 0 Å². The van der Waals surface area contributed by atoms with Gasteiger partial charge in [-0.05, 0) is 48.7 Å². The Morgan fingerprint density at radius 2 is 1.84 bits per heavy atom. The SMILES string of the molecule is CCc1cccc(C(NC)c2ccc(C)c(Br)c2)c1. The summed E-state index contributed by atoms with van der Waals surface area (Å²) in [6.45, 7) is 4.30. The molecule has 0 radical (unpaired) electrons. The average Bonchev–Trinajstić information content (AvgIpc) is 2.44. The van der Waals surface area contributed by atoms with Gasteiger partial charge in [0.15, 0.2) is 0 Å². The number of rotatable bonds is 4. The van der Waals surface area contributed by atoms with Crippen molar-refractivity contribution in [3.8, 4) is 0 Å². The molecule has 0 aromatic heterocycles. The van der Waals surface area contributed by atoms with Crippen molar-refractivity contribution in [3.63, 3.8) is 0 Å². The molecule has 0 amide bonds. The van der Waals surface area contributed by atoms with Gasteiger partial charge in [0.25, 0.3) is 0 Å². The standard InChI is InChI=1S/C17H20BrN/c1-4-13-6-5-7-14(10-13)17(19-3)15-9-8-12(2)16(18)11-15/h5-11,17,19H,4H2,1-3H3. The van der Waals surface area contributed by atoms with Gasteiger partial charge < -0.3 is 5.32 Å². The predicted molar refractivity (Wildman–Crippen MR) is 85.6 cm³/mol. The van der Waals surface area contributed by atoms with Crippen LogP contribution in [-0.4, -0.2) is 7.05 Å². The Hall–Kier alpha value is -1.12. The lowest BCUT2D eigenvalue weighted by Crippen LogP contribution is -2.17. The van der Waals surface area contributed by atoms with Gasteiger partial charge in [-0.1, -0.05) is 59.3 Å². The first kappa shape index (κ1) is 14.3. The van der Waals surface area contributed by atoms with Crippen molar-refractivity contribution in [3.05, 3.63) is 69.2 Å². The summed E-state index contributed by atoms with van der Waals surface area (Å²) in [5, 5.41) is 3.41. The van der Waals surface area contributed by atoms with Crippen molar-refractivity contribution in [2.45, 2.75) is 26.3 Å². The maximum atomic E-state index is 3.62. The van der Waals surface area contributed by atoms with Gasteiger partial charge >= 0.3 is 0 Å². The fourth-order valence-electron chi connectivity index (χ4n) is 2.31. The van der Waals surface area contributed by atoms with Crippen LogP contribution in [0.2, 0.25) is 0 Å². The van der Waals surface area contributed by atoms with E-state index in [4.69, 9.17) is 0 Å². The molecule has 0 fully saturated rings. The molecule has 19 heavy (non-hydrogen) atoms. The minimum atomic E-state index is 0.239. The van der Waals surface area contributed by atoms with Crippen molar-refractivity contribution in [1.82, 2.24) is 5.32 Å². The maximum Gasteiger partial charge on any atom is 0.0574 e. The molecule has 2 aromatic carbocycles. The molecule has 0 heterocycles. The first-order chi connectivity index (χ1) is 9.15. The lowest BCUT2D eigenvalue weighted by Gasteiger charge is -2.19. The minimum Gasteiger partial charge on any atom is -0.309 e. The summed E-state index contributed by atoms with van der Waals surface area (Å²) in [6.07, 6.45) is 1.07. The molecule has 0 saturated carbocycles. The highest BCUT2D eigenvalue weighted by molar-refractivity contribution is 9.10. The van der Waals surface area contributed by atoms with Crippen LogP contribution in [-0.2, 0) is 6.42 Å². The zero-order valence-electron chi connectivity index (χ0n) is 11.7. The molecular formula is C17H20BrN. The number of benzene rings is 2. The quantitative estimate of drug-likeness (QED) is 0.867. The summed E-state index contributed by atoms with van der Waals surface area (Å²) in [5.74, 6) is 0. The van der Waals surface area contributed by atoms with Crippen LogP contribution in [0.5, 0.6) is 0 Å². The molecule has 2 aromatic rings. The Morgan fingerprint density at radius 3 is 2.47 bits per heavy atom. The Kier molecular flexibility index (Phi) is 4.78.